The Bertz CT molecular complexity index is 1050. The third-order valence-electron chi connectivity index (χ3n) is 7.21. The second-order valence-corrected chi connectivity index (χ2v) is 9.42. The van der Waals surface area contributed by atoms with Gasteiger partial charge in [-0.05, 0) is 49.4 Å². The van der Waals surface area contributed by atoms with Gasteiger partial charge >= 0.3 is 0 Å². The van der Waals surface area contributed by atoms with Gasteiger partial charge in [-0.1, -0.05) is 0 Å². The monoisotopic (exact) mass is 458 g/mol. The van der Waals surface area contributed by atoms with Gasteiger partial charge in [-0.2, -0.15) is 5.26 Å². The van der Waals surface area contributed by atoms with Crippen molar-refractivity contribution in [3.8, 4) is 18.4 Å². The lowest BCUT2D eigenvalue weighted by molar-refractivity contribution is -0.128. The lowest BCUT2D eigenvalue weighted by atomic mass is 9.96. The Hall–Kier alpha value is -3.29. The SMILES string of the molecule is C#CCCN1CCC(NC2=C(C(=N)N3CCCc4cc(C#N)ccc43)CN(C(C)=O)CC2)CC1. The molecule has 0 saturated carbocycles. The van der Waals surface area contributed by atoms with Crippen LogP contribution in [0.2, 0.25) is 0 Å². The van der Waals surface area contributed by atoms with Gasteiger partial charge < -0.3 is 20.0 Å². The molecule has 3 aliphatic heterocycles. The molecule has 2 N–H and O–H groups in total. The molecule has 7 heteroatoms. The normalized spacial score (nSPS) is 19.3. The molecule has 0 spiro atoms. The van der Waals surface area contributed by atoms with E-state index in [1.54, 1.807) is 6.92 Å². The summed E-state index contributed by atoms with van der Waals surface area (Å²) in [6, 6.07) is 8.33. The predicted octanol–water partition coefficient (Wildman–Crippen LogP) is 2.87. The van der Waals surface area contributed by atoms with E-state index in [-0.39, 0.29) is 5.91 Å². The summed E-state index contributed by atoms with van der Waals surface area (Å²) in [5, 5.41) is 22.2. The molecule has 7 nitrogen and oxygen atoms in total. The molecule has 1 aromatic carbocycles. The number of fused-ring (bicyclic) bond motifs is 1. The average molecular weight is 459 g/mol. The quantitative estimate of drug-likeness (QED) is 0.403. The van der Waals surface area contributed by atoms with Crippen LogP contribution in [0.3, 0.4) is 0 Å². The predicted molar refractivity (Wildman–Crippen MR) is 134 cm³/mol. The Morgan fingerprint density at radius 2 is 2.03 bits per heavy atom. The van der Waals surface area contributed by atoms with Crippen LogP contribution in [0.5, 0.6) is 0 Å². The second-order valence-electron chi connectivity index (χ2n) is 9.42. The van der Waals surface area contributed by atoms with Gasteiger partial charge in [-0.3, -0.25) is 10.2 Å². The van der Waals surface area contributed by atoms with Crippen molar-refractivity contribution in [3.63, 3.8) is 0 Å². The van der Waals surface area contributed by atoms with Gasteiger partial charge in [0.25, 0.3) is 0 Å². The van der Waals surface area contributed by atoms with Gasteiger partial charge in [-0.25, -0.2) is 0 Å². The van der Waals surface area contributed by atoms with Crippen LogP contribution in [0.4, 0.5) is 5.69 Å². The minimum absolute atomic E-state index is 0.0453. The number of nitrogens with one attached hydrogen (secondary N) is 2. The number of nitriles is 1. The highest BCUT2D eigenvalue weighted by Gasteiger charge is 2.30. The van der Waals surface area contributed by atoms with Crippen molar-refractivity contribution in [3.05, 3.63) is 40.6 Å². The smallest absolute Gasteiger partial charge is 0.219 e. The zero-order valence-corrected chi connectivity index (χ0v) is 20.1. The summed E-state index contributed by atoms with van der Waals surface area (Å²) in [6.45, 7) is 6.52. The number of aryl methyl sites for hydroxylation is 1. The second kappa shape index (κ2) is 10.8. The summed E-state index contributed by atoms with van der Waals surface area (Å²) in [7, 11) is 0. The molecule has 1 amide bonds. The van der Waals surface area contributed by atoms with E-state index in [9.17, 15) is 15.5 Å². The molecule has 1 aromatic rings. The number of piperidine rings is 1. The molecule has 1 fully saturated rings. The number of nitrogens with zero attached hydrogens (tertiary/aromatic N) is 4. The van der Waals surface area contributed by atoms with Crippen LogP contribution in [0.15, 0.2) is 29.5 Å². The first-order valence-corrected chi connectivity index (χ1v) is 12.3. The van der Waals surface area contributed by atoms with E-state index in [1.807, 2.05) is 23.1 Å². The van der Waals surface area contributed by atoms with Gasteiger partial charge in [0, 0.05) is 75.5 Å². The maximum absolute atomic E-state index is 12.2. The highest BCUT2D eigenvalue weighted by molar-refractivity contribution is 6.09. The number of amides is 1. The minimum Gasteiger partial charge on any atom is -0.385 e. The number of rotatable bonds is 5. The lowest BCUT2D eigenvalue weighted by Gasteiger charge is -2.39. The highest BCUT2D eigenvalue weighted by atomic mass is 16.2. The van der Waals surface area contributed by atoms with Crippen molar-refractivity contribution in [1.29, 1.82) is 10.7 Å². The standard InChI is InChI=1S/C27H34N6O/c1-3-4-12-31-14-9-23(10-15-31)30-25-11-16-32(20(2)34)19-24(25)27(29)33-13-5-6-22-17-21(18-28)7-8-26(22)33/h1,7-8,17,23,29-30H,4-6,9-16,19H2,2H3. The molecule has 0 aromatic heterocycles. The summed E-state index contributed by atoms with van der Waals surface area (Å²) in [5.41, 5.74) is 4.79. The number of hydrogen-bond donors (Lipinski definition) is 2. The topological polar surface area (TPSA) is 86.5 Å². The van der Waals surface area contributed by atoms with Crippen LogP contribution in [0.1, 0.15) is 50.2 Å². The molecule has 178 valence electrons. The van der Waals surface area contributed by atoms with Gasteiger partial charge in [0.15, 0.2) is 0 Å². The maximum atomic E-state index is 12.2. The van der Waals surface area contributed by atoms with Crippen molar-refractivity contribution in [1.82, 2.24) is 15.1 Å². The third kappa shape index (κ3) is 5.26. The van der Waals surface area contributed by atoms with Gasteiger partial charge in [0.2, 0.25) is 5.91 Å². The van der Waals surface area contributed by atoms with Gasteiger partial charge in [0.1, 0.15) is 5.84 Å². The Morgan fingerprint density at radius 3 is 2.74 bits per heavy atom. The minimum atomic E-state index is 0.0453. The van der Waals surface area contributed by atoms with Crippen LogP contribution in [-0.2, 0) is 11.2 Å². The summed E-state index contributed by atoms with van der Waals surface area (Å²) >= 11 is 0. The van der Waals surface area contributed by atoms with Crippen molar-refractivity contribution >= 4 is 17.4 Å². The molecule has 0 atom stereocenters. The Labute approximate surface area is 202 Å². The zero-order valence-electron chi connectivity index (χ0n) is 20.1. The first-order chi connectivity index (χ1) is 16.5. The van der Waals surface area contributed by atoms with Crippen molar-refractivity contribution in [2.45, 2.75) is 51.5 Å². The van der Waals surface area contributed by atoms with E-state index < -0.39 is 0 Å². The summed E-state index contributed by atoms with van der Waals surface area (Å²) in [4.78, 5) is 18.5. The molecule has 0 unspecified atom stereocenters. The number of amidine groups is 1. The molecule has 0 bridgehead atoms. The molecule has 34 heavy (non-hydrogen) atoms. The van der Waals surface area contributed by atoms with Crippen molar-refractivity contribution in [2.24, 2.45) is 0 Å². The fourth-order valence-corrected chi connectivity index (χ4v) is 5.24. The van der Waals surface area contributed by atoms with E-state index in [0.717, 1.165) is 87.2 Å². The number of anilines is 1. The van der Waals surface area contributed by atoms with Gasteiger partial charge in [-0.15, -0.1) is 12.3 Å². The molecular weight excluding hydrogens is 424 g/mol. The van der Waals surface area contributed by atoms with Crippen LogP contribution in [0.25, 0.3) is 0 Å². The molecule has 3 heterocycles. The molecule has 3 aliphatic rings. The zero-order chi connectivity index (χ0) is 24.1. The number of terminal acetylenes is 1. The van der Waals surface area contributed by atoms with Crippen LogP contribution in [0, 0.1) is 29.1 Å². The summed E-state index contributed by atoms with van der Waals surface area (Å²) in [6.07, 6.45) is 10.9. The van der Waals surface area contributed by atoms with Crippen molar-refractivity contribution in [2.75, 3.05) is 44.2 Å². The molecule has 4 rings (SSSR count). The third-order valence-corrected chi connectivity index (χ3v) is 7.21. The summed E-state index contributed by atoms with van der Waals surface area (Å²) < 4.78 is 0. The number of likely N-dealkylation sites (tertiary alicyclic amines) is 1. The Kier molecular flexibility index (Phi) is 7.55. The van der Waals surface area contributed by atoms with Crippen LogP contribution >= 0.6 is 0 Å². The Morgan fingerprint density at radius 1 is 1.24 bits per heavy atom. The van der Waals surface area contributed by atoms with Gasteiger partial charge in [0.05, 0.1) is 18.2 Å². The van der Waals surface area contributed by atoms with Crippen molar-refractivity contribution < 1.29 is 4.79 Å². The number of hydrogen-bond acceptors (Lipinski definition) is 5. The summed E-state index contributed by atoms with van der Waals surface area (Å²) in [5.74, 6) is 3.24. The van der Waals surface area contributed by atoms with E-state index in [1.165, 1.54) is 0 Å². The number of benzene rings is 1. The first kappa shape index (κ1) is 23.9. The average Bonchev–Trinajstić information content (AvgIpc) is 2.87. The molecule has 1 saturated heterocycles. The molecular formula is C27H34N6O. The number of carbonyl (C=O) groups excluding carboxylic acids is 1. The van der Waals surface area contributed by atoms with E-state index >= 15 is 0 Å². The van der Waals surface area contributed by atoms with E-state index in [4.69, 9.17) is 6.42 Å². The van der Waals surface area contributed by atoms with Crippen LogP contribution in [-0.4, -0.2) is 66.9 Å². The first-order valence-electron chi connectivity index (χ1n) is 12.3. The molecule has 0 radical (unpaired) electrons. The molecule has 0 aliphatic carbocycles. The lowest BCUT2D eigenvalue weighted by Crippen LogP contribution is -2.48. The maximum Gasteiger partial charge on any atom is 0.219 e. The fourth-order valence-electron chi connectivity index (χ4n) is 5.24. The highest BCUT2D eigenvalue weighted by Crippen LogP contribution is 2.31. The largest absolute Gasteiger partial charge is 0.385 e. The Balaban J connectivity index is 1.55. The van der Waals surface area contributed by atoms with Crippen LogP contribution < -0.4 is 10.2 Å². The van der Waals surface area contributed by atoms with E-state index in [2.05, 4.69) is 27.1 Å². The fraction of sp³-hybridized carbons (Fsp3) is 0.519. The van der Waals surface area contributed by atoms with E-state index in [0.29, 0.717) is 30.5 Å². The number of carbonyl (C=O) groups is 1.